The van der Waals surface area contributed by atoms with E-state index in [0.717, 1.165) is 43.1 Å². The zero-order valence-corrected chi connectivity index (χ0v) is 19.1. The topological polar surface area (TPSA) is 152 Å². The van der Waals surface area contributed by atoms with E-state index >= 15 is 0 Å². The SMILES string of the molecule is CS(=O)(=O)NC1NCC(c2ccc(NC(=O)c3ncc(C#N)[nH]3)c(C3=CCCCC3)c2)CN1. The number of sulfonamides is 1. The molecule has 2 heterocycles. The summed E-state index contributed by atoms with van der Waals surface area (Å²) in [6.45, 7) is 1.21. The lowest BCUT2D eigenvalue weighted by Gasteiger charge is -2.32. The van der Waals surface area contributed by atoms with Gasteiger partial charge in [0.2, 0.25) is 10.0 Å². The predicted molar refractivity (Wildman–Crippen MR) is 125 cm³/mol. The van der Waals surface area contributed by atoms with Gasteiger partial charge in [0.1, 0.15) is 18.1 Å². The third-order valence-electron chi connectivity index (χ3n) is 5.78. The minimum atomic E-state index is -3.32. The van der Waals surface area contributed by atoms with Crippen molar-refractivity contribution < 1.29 is 13.2 Å². The second-order valence-corrected chi connectivity index (χ2v) is 10.1. The van der Waals surface area contributed by atoms with Crippen molar-refractivity contribution in [2.75, 3.05) is 24.7 Å². The Morgan fingerprint density at radius 3 is 2.67 bits per heavy atom. The molecule has 1 aromatic carbocycles. The fraction of sp³-hybridized carbons (Fsp3) is 0.409. The summed E-state index contributed by atoms with van der Waals surface area (Å²) in [5, 5.41) is 18.2. The zero-order chi connectivity index (χ0) is 23.4. The maximum absolute atomic E-state index is 12.7. The van der Waals surface area contributed by atoms with Crippen molar-refractivity contribution in [3.8, 4) is 6.07 Å². The normalized spacial score (nSPS) is 21.2. The van der Waals surface area contributed by atoms with Gasteiger partial charge in [-0.3, -0.25) is 15.4 Å². The molecule has 2 aromatic rings. The average Bonchev–Trinajstić information content (AvgIpc) is 3.29. The Labute approximate surface area is 192 Å². The highest BCUT2D eigenvalue weighted by atomic mass is 32.2. The summed E-state index contributed by atoms with van der Waals surface area (Å²) >= 11 is 0. The molecule has 0 spiro atoms. The van der Waals surface area contributed by atoms with Crippen molar-refractivity contribution >= 4 is 27.2 Å². The molecule has 1 amide bonds. The number of H-pyrrole nitrogens is 1. The van der Waals surface area contributed by atoms with Crippen LogP contribution in [0, 0.1) is 11.3 Å². The molecule has 1 saturated heterocycles. The summed E-state index contributed by atoms with van der Waals surface area (Å²) in [4.78, 5) is 19.4. The lowest BCUT2D eigenvalue weighted by atomic mass is 9.88. The van der Waals surface area contributed by atoms with Gasteiger partial charge in [-0.1, -0.05) is 12.1 Å². The third-order valence-corrected chi connectivity index (χ3v) is 6.44. The van der Waals surface area contributed by atoms with Crippen LogP contribution in [0.2, 0.25) is 0 Å². The molecule has 5 N–H and O–H groups in total. The van der Waals surface area contributed by atoms with E-state index in [2.05, 4.69) is 42.8 Å². The number of amides is 1. The summed E-state index contributed by atoms with van der Waals surface area (Å²) in [5.41, 5.74) is 4.19. The molecular weight excluding hydrogens is 442 g/mol. The molecule has 1 fully saturated rings. The Hall–Kier alpha value is -3.04. The molecule has 0 bridgehead atoms. The van der Waals surface area contributed by atoms with Crippen LogP contribution in [0.3, 0.4) is 0 Å². The van der Waals surface area contributed by atoms with Gasteiger partial charge in [-0.2, -0.15) is 9.98 Å². The number of nitrogens with zero attached hydrogens (tertiary/aromatic N) is 2. The largest absolute Gasteiger partial charge is 0.326 e. The van der Waals surface area contributed by atoms with Crippen molar-refractivity contribution in [3.63, 3.8) is 0 Å². The second kappa shape index (κ2) is 9.84. The monoisotopic (exact) mass is 469 g/mol. The van der Waals surface area contributed by atoms with Gasteiger partial charge in [0.15, 0.2) is 5.82 Å². The molecule has 33 heavy (non-hydrogen) atoms. The summed E-state index contributed by atoms with van der Waals surface area (Å²) in [6.07, 6.45) is 8.37. The summed E-state index contributed by atoms with van der Waals surface area (Å²) < 4.78 is 25.4. The summed E-state index contributed by atoms with van der Waals surface area (Å²) in [7, 11) is -3.32. The Balaban J connectivity index is 1.55. The number of anilines is 1. The van der Waals surface area contributed by atoms with E-state index in [0.29, 0.717) is 18.8 Å². The number of aromatic amines is 1. The lowest BCUT2D eigenvalue weighted by molar-refractivity contribution is 0.101. The number of rotatable bonds is 6. The van der Waals surface area contributed by atoms with Crippen LogP contribution < -0.4 is 20.7 Å². The first-order valence-corrected chi connectivity index (χ1v) is 12.8. The Kier molecular flexibility index (Phi) is 6.90. The molecule has 2 aliphatic rings. The van der Waals surface area contributed by atoms with Crippen molar-refractivity contribution in [1.82, 2.24) is 25.3 Å². The maximum Gasteiger partial charge on any atom is 0.291 e. The lowest BCUT2D eigenvalue weighted by Crippen LogP contribution is -2.60. The fourth-order valence-electron chi connectivity index (χ4n) is 4.15. The number of aromatic nitrogens is 2. The van der Waals surface area contributed by atoms with E-state index in [9.17, 15) is 13.2 Å². The van der Waals surface area contributed by atoms with Crippen LogP contribution >= 0.6 is 0 Å². The first kappa shape index (κ1) is 23.1. The number of carbonyl (C=O) groups excluding carboxylic acids is 1. The van der Waals surface area contributed by atoms with Crippen LogP contribution in [-0.4, -0.2) is 49.9 Å². The highest BCUT2D eigenvalue weighted by Gasteiger charge is 2.24. The van der Waals surface area contributed by atoms with Gasteiger partial charge in [0, 0.05) is 30.3 Å². The molecule has 0 unspecified atom stereocenters. The van der Waals surface area contributed by atoms with Crippen LogP contribution in [0.25, 0.3) is 5.57 Å². The first-order chi connectivity index (χ1) is 15.8. The van der Waals surface area contributed by atoms with Gasteiger partial charge < -0.3 is 10.3 Å². The third kappa shape index (κ3) is 5.85. The Morgan fingerprint density at radius 1 is 1.24 bits per heavy atom. The number of allylic oxidation sites excluding steroid dienone is 2. The van der Waals surface area contributed by atoms with Gasteiger partial charge in [-0.15, -0.1) is 0 Å². The number of benzene rings is 1. The molecule has 0 saturated carbocycles. The molecule has 1 aliphatic heterocycles. The van der Waals surface area contributed by atoms with E-state index in [4.69, 9.17) is 5.26 Å². The number of carbonyl (C=O) groups is 1. The number of imidazole rings is 1. The van der Waals surface area contributed by atoms with Crippen LogP contribution in [0.1, 0.15) is 59.0 Å². The quantitative estimate of drug-likeness (QED) is 0.431. The predicted octanol–water partition coefficient (Wildman–Crippen LogP) is 1.60. The van der Waals surface area contributed by atoms with Gasteiger partial charge in [0.25, 0.3) is 5.91 Å². The van der Waals surface area contributed by atoms with E-state index in [1.165, 1.54) is 11.8 Å². The number of nitrogens with one attached hydrogen (secondary N) is 5. The van der Waals surface area contributed by atoms with Gasteiger partial charge >= 0.3 is 0 Å². The summed E-state index contributed by atoms with van der Waals surface area (Å²) in [5.74, 6) is -0.180. The maximum atomic E-state index is 12.7. The van der Waals surface area contributed by atoms with Crippen LogP contribution in [-0.2, 0) is 10.0 Å². The Bertz CT molecular complexity index is 1200. The molecule has 0 atom stereocenters. The zero-order valence-electron chi connectivity index (χ0n) is 18.3. The van der Waals surface area contributed by atoms with Crippen molar-refractivity contribution in [3.05, 3.63) is 53.1 Å². The highest BCUT2D eigenvalue weighted by molar-refractivity contribution is 7.88. The Morgan fingerprint density at radius 2 is 2.03 bits per heavy atom. The van der Waals surface area contributed by atoms with Gasteiger partial charge in [-0.25, -0.2) is 13.4 Å². The van der Waals surface area contributed by atoms with Crippen LogP contribution in [0.4, 0.5) is 5.69 Å². The second-order valence-electron chi connectivity index (χ2n) is 8.33. The van der Waals surface area contributed by atoms with Gasteiger partial charge in [0.05, 0.1) is 12.5 Å². The molecule has 10 nitrogen and oxygen atoms in total. The molecule has 0 radical (unpaired) electrons. The molecule has 1 aliphatic carbocycles. The molecule has 11 heteroatoms. The average molecular weight is 470 g/mol. The number of nitriles is 1. The smallest absolute Gasteiger partial charge is 0.291 e. The van der Waals surface area contributed by atoms with Crippen LogP contribution in [0.15, 0.2) is 30.5 Å². The van der Waals surface area contributed by atoms with Crippen molar-refractivity contribution in [1.29, 1.82) is 5.26 Å². The minimum Gasteiger partial charge on any atom is -0.326 e. The molecular formula is C22H27N7O3S. The molecule has 174 valence electrons. The van der Waals surface area contributed by atoms with Crippen LogP contribution in [0.5, 0.6) is 0 Å². The van der Waals surface area contributed by atoms with Crippen molar-refractivity contribution in [2.45, 2.75) is 37.9 Å². The van der Waals surface area contributed by atoms with Crippen molar-refractivity contribution in [2.24, 2.45) is 0 Å². The van der Waals surface area contributed by atoms with E-state index in [-0.39, 0.29) is 17.4 Å². The van der Waals surface area contributed by atoms with E-state index < -0.39 is 22.2 Å². The number of hydrogen-bond acceptors (Lipinski definition) is 7. The standard InChI is InChI=1S/C22H27N7O3S/c1-33(31,32)29-22-25-11-16(12-26-22)15-7-8-19(18(9-15)14-5-3-2-4-6-14)28-21(30)20-24-13-17(10-23)27-20/h5,7-9,13,16,22,25-26,29H,2-4,6,11-12H2,1H3,(H,24,27)(H,28,30). The minimum absolute atomic E-state index is 0.0873. The first-order valence-electron chi connectivity index (χ1n) is 10.9. The highest BCUT2D eigenvalue weighted by Crippen LogP contribution is 2.34. The van der Waals surface area contributed by atoms with E-state index in [1.807, 2.05) is 18.2 Å². The van der Waals surface area contributed by atoms with E-state index in [1.54, 1.807) is 0 Å². The number of hydrogen-bond donors (Lipinski definition) is 5. The van der Waals surface area contributed by atoms with Gasteiger partial charge in [-0.05, 0) is 49.0 Å². The fourth-order valence-corrected chi connectivity index (χ4v) is 4.74. The molecule has 4 rings (SSSR count). The summed E-state index contributed by atoms with van der Waals surface area (Å²) in [6, 6.07) is 7.91. The molecule has 1 aromatic heterocycles.